The van der Waals surface area contributed by atoms with Gasteiger partial charge >= 0.3 is 5.97 Å². The Bertz CT molecular complexity index is 673. The minimum atomic E-state index is -1.13. The first kappa shape index (κ1) is 18.5. The quantitative estimate of drug-likeness (QED) is 0.636. The lowest BCUT2D eigenvalue weighted by atomic mass is 10.1. The van der Waals surface area contributed by atoms with Crippen molar-refractivity contribution < 1.29 is 19.1 Å². The standard InChI is InChI=1S/C16H18Cl2N2O4/c1-15(9-16(15,17)18)14(23)24-8-12(21)19-11-6-4-10(5-7-11)13(22)20(2)3/h4-7H,8-9H2,1-3H3,(H,19,21)/t15-/m1/s1. The number of anilines is 1. The van der Waals surface area contributed by atoms with Crippen LogP contribution in [0.2, 0.25) is 0 Å². The van der Waals surface area contributed by atoms with Gasteiger partial charge in [0.05, 0.1) is 0 Å². The molecule has 1 aliphatic carbocycles. The summed E-state index contributed by atoms with van der Waals surface area (Å²) in [5.41, 5.74) is 0.0320. The Balaban J connectivity index is 1.85. The number of carbonyl (C=O) groups is 3. The third-order valence-electron chi connectivity index (χ3n) is 3.86. The fraction of sp³-hybridized carbons (Fsp3) is 0.438. The number of amides is 2. The van der Waals surface area contributed by atoms with Gasteiger partial charge in [-0.05, 0) is 31.2 Å². The third kappa shape index (κ3) is 3.82. The van der Waals surface area contributed by atoms with Crippen molar-refractivity contribution in [2.75, 3.05) is 26.0 Å². The van der Waals surface area contributed by atoms with Gasteiger partial charge in [-0.1, -0.05) is 0 Å². The van der Waals surface area contributed by atoms with E-state index in [0.717, 1.165) is 0 Å². The molecule has 24 heavy (non-hydrogen) atoms. The number of halogens is 2. The average Bonchev–Trinajstić information content (AvgIpc) is 3.04. The van der Waals surface area contributed by atoms with Gasteiger partial charge in [-0.15, -0.1) is 23.2 Å². The molecule has 0 radical (unpaired) electrons. The summed E-state index contributed by atoms with van der Waals surface area (Å²) in [5.74, 6) is -1.23. The lowest BCUT2D eigenvalue weighted by Crippen LogP contribution is -2.26. The van der Waals surface area contributed by atoms with Gasteiger partial charge in [0.2, 0.25) is 0 Å². The van der Waals surface area contributed by atoms with E-state index in [9.17, 15) is 14.4 Å². The summed E-state index contributed by atoms with van der Waals surface area (Å²) >= 11 is 11.8. The second-order valence-corrected chi connectivity index (χ2v) is 7.60. The van der Waals surface area contributed by atoms with Crippen LogP contribution >= 0.6 is 23.2 Å². The van der Waals surface area contributed by atoms with E-state index in [1.807, 2.05) is 0 Å². The predicted octanol–water partition coefficient (Wildman–Crippen LogP) is 2.45. The van der Waals surface area contributed by atoms with Gasteiger partial charge < -0.3 is 15.0 Å². The second kappa shape index (κ2) is 6.61. The highest BCUT2D eigenvalue weighted by atomic mass is 35.5. The molecule has 0 aliphatic heterocycles. The highest BCUT2D eigenvalue weighted by molar-refractivity contribution is 6.53. The van der Waals surface area contributed by atoms with E-state index in [4.69, 9.17) is 27.9 Å². The van der Waals surface area contributed by atoms with Crippen molar-refractivity contribution in [3.63, 3.8) is 0 Å². The number of hydrogen-bond donors (Lipinski definition) is 1. The smallest absolute Gasteiger partial charge is 0.315 e. The Morgan fingerprint density at radius 1 is 1.21 bits per heavy atom. The minimum Gasteiger partial charge on any atom is -0.455 e. The van der Waals surface area contributed by atoms with Gasteiger partial charge in [0, 0.05) is 31.8 Å². The van der Waals surface area contributed by atoms with Crippen molar-refractivity contribution in [3.05, 3.63) is 29.8 Å². The molecule has 0 heterocycles. The highest BCUT2D eigenvalue weighted by Gasteiger charge is 2.69. The maximum absolute atomic E-state index is 11.9. The largest absolute Gasteiger partial charge is 0.455 e. The van der Waals surface area contributed by atoms with Crippen molar-refractivity contribution in [2.24, 2.45) is 5.41 Å². The molecular formula is C16H18Cl2N2O4. The van der Waals surface area contributed by atoms with E-state index in [1.54, 1.807) is 45.3 Å². The molecule has 1 aliphatic rings. The van der Waals surface area contributed by atoms with Crippen molar-refractivity contribution in [1.82, 2.24) is 4.90 Å². The molecule has 0 aromatic heterocycles. The van der Waals surface area contributed by atoms with Crippen LogP contribution in [-0.2, 0) is 14.3 Å². The van der Waals surface area contributed by atoms with Crippen LogP contribution in [0.25, 0.3) is 0 Å². The van der Waals surface area contributed by atoms with Crippen LogP contribution in [0.3, 0.4) is 0 Å². The van der Waals surface area contributed by atoms with Crippen molar-refractivity contribution in [3.8, 4) is 0 Å². The molecule has 1 N–H and O–H groups in total. The first-order valence-corrected chi connectivity index (χ1v) is 7.99. The van der Waals surface area contributed by atoms with E-state index in [1.165, 1.54) is 4.90 Å². The number of nitrogens with one attached hydrogen (secondary N) is 1. The normalized spacial score (nSPS) is 20.9. The first-order chi connectivity index (χ1) is 11.1. The van der Waals surface area contributed by atoms with Gasteiger partial charge in [-0.2, -0.15) is 0 Å². The van der Waals surface area contributed by atoms with Crippen molar-refractivity contribution in [1.29, 1.82) is 0 Å². The Hall–Kier alpha value is -1.79. The topological polar surface area (TPSA) is 75.7 Å². The molecule has 8 heteroatoms. The molecule has 0 unspecified atom stereocenters. The lowest BCUT2D eigenvalue weighted by molar-refractivity contribution is -0.152. The van der Waals surface area contributed by atoms with Crippen molar-refractivity contribution in [2.45, 2.75) is 17.7 Å². The van der Waals surface area contributed by atoms with Crippen LogP contribution in [0.15, 0.2) is 24.3 Å². The highest BCUT2D eigenvalue weighted by Crippen LogP contribution is 2.64. The summed E-state index contributed by atoms with van der Waals surface area (Å²) < 4.78 is 3.82. The van der Waals surface area contributed by atoms with Crippen molar-refractivity contribution >= 4 is 46.7 Å². The molecule has 1 atom stereocenters. The molecule has 0 saturated heterocycles. The first-order valence-electron chi connectivity index (χ1n) is 7.23. The average molecular weight is 373 g/mol. The van der Waals surface area contributed by atoms with Crippen LogP contribution in [0, 0.1) is 5.41 Å². The number of benzene rings is 1. The van der Waals surface area contributed by atoms with E-state index < -0.39 is 28.2 Å². The number of carbonyl (C=O) groups excluding carboxylic acids is 3. The van der Waals surface area contributed by atoms with Gasteiger partial charge in [0.1, 0.15) is 9.75 Å². The maximum Gasteiger partial charge on any atom is 0.315 e. The predicted molar refractivity (Wildman–Crippen MR) is 91.2 cm³/mol. The fourth-order valence-electron chi connectivity index (χ4n) is 2.06. The van der Waals surface area contributed by atoms with Gasteiger partial charge in [-0.3, -0.25) is 14.4 Å². The Kier molecular flexibility index (Phi) is 5.11. The zero-order chi connectivity index (χ0) is 18.1. The van der Waals surface area contributed by atoms with Crippen LogP contribution in [0.4, 0.5) is 5.69 Å². The monoisotopic (exact) mass is 372 g/mol. The number of nitrogens with zero attached hydrogens (tertiary/aromatic N) is 1. The zero-order valence-electron chi connectivity index (χ0n) is 13.6. The van der Waals surface area contributed by atoms with Gasteiger partial charge in [-0.25, -0.2) is 0 Å². The van der Waals surface area contributed by atoms with Gasteiger partial charge in [0.25, 0.3) is 11.8 Å². The molecule has 1 saturated carbocycles. The fourth-order valence-corrected chi connectivity index (χ4v) is 2.75. The molecule has 0 bridgehead atoms. The van der Waals surface area contributed by atoms with Crippen LogP contribution in [-0.4, -0.2) is 47.7 Å². The zero-order valence-corrected chi connectivity index (χ0v) is 15.1. The summed E-state index contributed by atoms with van der Waals surface area (Å²) in [6.45, 7) is 1.16. The van der Waals surface area contributed by atoms with Crippen LogP contribution < -0.4 is 5.32 Å². The van der Waals surface area contributed by atoms with Gasteiger partial charge in [0.15, 0.2) is 6.61 Å². The van der Waals surface area contributed by atoms with E-state index in [-0.39, 0.29) is 5.91 Å². The van der Waals surface area contributed by atoms with Crippen LogP contribution in [0.5, 0.6) is 0 Å². The SMILES string of the molecule is CN(C)C(=O)c1ccc(NC(=O)COC(=O)[C@@]2(C)CC2(Cl)Cl)cc1. The lowest BCUT2D eigenvalue weighted by Gasteiger charge is -2.12. The minimum absolute atomic E-state index is 0.134. The Morgan fingerprint density at radius 3 is 2.21 bits per heavy atom. The molecule has 1 aromatic carbocycles. The maximum atomic E-state index is 11.9. The summed E-state index contributed by atoms with van der Waals surface area (Å²) in [7, 11) is 3.31. The number of esters is 1. The third-order valence-corrected chi connectivity index (χ3v) is 4.97. The Morgan fingerprint density at radius 2 is 1.75 bits per heavy atom. The Labute approximate surface area is 150 Å². The summed E-state index contributed by atoms with van der Waals surface area (Å²) in [5, 5.41) is 2.58. The molecule has 1 fully saturated rings. The van der Waals surface area contributed by atoms with Crippen LogP contribution in [0.1, 0.15) is 23.7 Å². The summed E-state index contributed by atoms with van der Waals surface area (Å²) in [6, 6.07) is 6.40. The summed E-state index contributed by atoms with van der Waals surface area (Å²) in [4.78, 5) is 36.9. The number of hydrogen-bond acceptors (Lipinski definition) is 4. The van der Waals surface area contributed by atoms with E-state index >= 15 is 0 Å². The molecule has 1 aromatic rings. The second-order valence-electron chi connectivity index (χ2n) is 6.11. The number of rotatable bonds is 5. The molecule has 6 nitrogen and oxygen atoms in total. The summed E-state index contributed by atoms with van der Waals surface area (Å²) in [6.07, 6.45) is 0.297. The molecular weight excluding hydrogens is 355 g/mol. The molecule has 2 amide bonds. The molecule has 130 valence electrons. The van der Waals surface area contributed by atoms with E-state index in [2.05, 4.69) is 5.32 Å². The molecule has 0 spiro atoms. The van der Waals surface area contributed by atoms with E-state index in [0.29, 0.717) is 17.7 Å². The molecule has 2 rings (SSSR count). The number of alkyl halides is 2. The number of ether oxygens (including phenoxy) is 1.